The molecule has 0 saturated carbocycles. The topological polar surface area (TPSA) is 108 Å². The zero-order valence-corrected chi connectivity index (χ0v) is 15.7. The van der Waals surface area contributed by atoms with E-state index in [1.54, 1.807) is 20.8 Å². The third-order valence-electron chi connectivity index (χ3n) is 2.74. The minimum Gasteiger partial charge on any atom is -0.462 e. The van der Waals surface area contributed by atoms with Gasteiger partial charge in [0.25, 0.3) is 0 Å². The van der Waals surface area contributed by atoms with Crippen molar-refractivity contribution < 1.29 is 38.7 Å². The monoisotopic (exact) mass is 362 g/mol. The quantitative estimate of drug-likeness (QED) is 0.306. The van der Waals surface area contributed by atoms with Gasteiger partial charge in [-0.15, -0.1) is 0 Å². The van der Waals surface area contributed by atoms with Crippen LogP contribution in [0.25, 0.3) is 0 Å². The molecule has 0 spiro atoms. The van der Waals surface area contributed by atoms with Crippen molar-refractivity contribution in [3.8, 4) is 0 Å². The van der Waals surface area contributed by atoms with Crippen molar-refractivity contribution in [2.75, 3.05) is 6.61 Å². The fourth-order valence-corrected chi connectivity index (χ4v) is 1.49. The van der Waals surface area contributed by atoms with E-state index in [0.717, 1.165) is 12.8 Å². The number of carboxylic acid groups (broad SMARTS) is 1. The van der Waals surface area contributed by atoms with Crippen molar-refractivity contribution in [2.45, 2.75) is 65.9 Å². The van der Waals surface area contributed by atoms with Gasteiger partial charge in [0.05, 0.1) is 6.61 Å². The van der Waals surface area contributed by atoms with Crippen LogP contribution in [-0.2, 0) is 24.0 Å². The predicted molar refractivity (Wildman–Crippen MR) is 90.9 cm³/mol. The van der Waals surface area contributed by atoms with E-state index in [9.17, 15) is 14.4 Å². The Balaban J connectivity index is 0. The number of unbranched alkanes of at least 4 members (excludes halogenated alkanes) is 1. The fraction of sp³-hybridized carbons (Fsp3) is 0.706. The van der Waals surface area contributed by atoms with Gasteiger partial charge in [0.1, 0.15) is 5.60 Å². The van der Waals surface area contributed by atoms with Crippen molar-refractivity contribution in [1.29, 1.82) is 0 Å². The summed E-state index contributed by atoms with van der Waals surface area (Å²) in [6, 6.07) is 0. The summed E-state index contributed by atoms with van der Waals surface area (Å²) in [6.45, 7) is 13.0. The number of carbonyl (C=O) groups excluding carboxylic acids is 2. The van der Waals surface area contributed by atoms with Crippen molar-refractivity contribution in [1.82, 2.24) is 0 Å². The molecule has 0 bridgehead atoms. The largest absolute Gasteiger partial charge is 0.550 e. The van der Waals surface area contributed by atoms with Gasteiger partial charge in [-0.25, -0.2) is 14.5 Å². The first-order valence-corrected chi connectivity index (χ1v) is 8.15. The summed E-state index contributed by atoms with van der Waals surface area (Å²) in [5.41, 5.74) is -0.737. The molecule has 0 amide bonds. The van der Waals surface area contributed by atoms with Crippen molar-refractivity contribution in [3.63, 3.8) is 0 Å². The molecule has 0 aromatic heterocycles. The molecule has 0 aliphatic carbocycles. The number of hydrogen-bond acceptors (Lipinski definition) is 7. The lowest BCUT2D eigenvalue weighted by Gasteiger charge is -2.17. The highest BCUT2D eigenvalue weighted by Gasteiger charge is 2.19. The van der Waals surface area contributed by atoms with E-state index >= 15 is 0 Å². The number of esters is 1. The van der Waals surface area contributed by atoms with Crippen molar-refractivity contribution >= 4 is 18.3 Å². The average Bonchev–Trinajstić information content (AvgIpc) is 2.51. The molecule has 0 saturated heterocycles. The van der Waals surface area contributed by atoms with Gasteiger partial charge in [-0.2, -0.15) is 9.68 Å². The minimum absolute atomic E-state index is 0.310. The van der Waals surface area contributed by atoms with E-state index in [0.29, 0.717) is 12.5 Å². The molecule has 8 nitrogen and oxygen atoms in total. The zero-order chi connectivity index (χ0) is 19.9. The summed E-state index contributed by atoms with van der Waals surface area (Å²) < 4.78 is 9.52. The van der Waals surface area contributed by atoms with E-state index in [4.69, 9.17) is 9.84 Å². The first-order chi connectivity index (χ1) is 11.6. The van der Waals surface area contributed by atoms with E-state index in [1.807, 2.05) is 0 Å². The standard InChI is InChI=1S/C11H20O2.C6H10O6/c1-4-7-8-10(5-2)9-13-11(12)6-3;1-6(2,3)10-5(9)12-11-4(7)8/h6,10H,3-5,7-9H2,1-2H3;1-3H3,(H,7,8). The molecule has 146 valence electrons. The Bertz CT molecular complexity index is 411. The Morgan fingerprint density at radius 2 is 1.76 bits per heavy atom. The molecule has 0 radical (unpaired) electrons. The zero-order valence-electron chi connectivity index (χ0n) is 15.7. The Morgan fingerprint density at radius 3 is 2.16 bits per heavy atom. The first-order valence-electron chi connectivity index (χ1n) is 8.15. The van der Waals surface area contributed by atoms with E-state index in [1.165, 1.54) is 18.9 Å². The molecule has 1 N–H and O–H groups in total. The maximum atomic E-state index is 10.8. The molecular formula is C17H30O8. The molecule has 0 heterocycles. The maximum Gasteiger partial charge on any atom is 0.550 e. The van der Waals surface area contributed by atoms with Crippen LogP contribution in [0.5, 0.6) is 0 Å². The average molecular weight is 362 g/mol. The fourth-order valence-electron chi connectivity index (χ4n) is 1.49. The number of carbonyl (C=O) groups is 3. The summed E-state index contributed by atoms with van der Waals surface area (Å²) in [5.74, 6) is 0.207. The third kappa shape index (κ3) is 19.7. The molecule has 0 rings (SSSR count). The van der Waals surface area contributed by atoms with Crippen LogP contribution in [0.2, 0.25) is 0 Å². The van der Waals surface area contributed by atoms with E-state index < -0.39 is 17.9 Å². The summed E-state index contributed by atoms with van der Waals surface area (Å²) in [5, 5.41) is 7.91. The first kappa shape index (κ1) is 25.0. The second-order valence-electron chi connectivity index (χ2n) is 6.15. The highest BCUT2D eigenvalue weighted by Crippen LogP contribution is 2.12. The molecule has 0 fully saturated rings. The second kappa shape index (κ2) is 14.1. The van der Waals surface area contributed by atoms with E-state index in [2.05, 4.69) is 34.9 Å². The van der Waals surface area contributed by atoms with Gasteiger partial charge in [0.15, 0.2) is 0 Å². The summed E-state index contributed by atoms with van der Waals surface area (Å²) in [4.78, 5) is 38.2. The highest BCUT2D eigenvalue weighted by molar-refractivity contribution is 5.81. The van der Waals surface area contributed by atoms with Crippen LogP contribution in [-0.4, -0.2) is 35.6 Å². The molecule has 0 aromatic carbocycles. The molecule has 8 heteroatoms. The van der Waals surface area contributed by atoms with Gasteiger partial charge in [0.2, 0.25) is 0 Å². The molecule has 1 unspecified atom stereocenters. The Labute approximate surface area is 149 Å². The Hall–Kier alpha value is -2.25. The van der Waals surface area contributed by atoms with Crippen LogP contribution in [0, 0.1) is 5.92 Å². The number of hydrogen-bond donors (Lipinski definition) is 1. The third-order valence-corrected chi connectivity index (χ3v) is 2.74. The predicted octanol–water partition coefficient (Wildman–Crippen LogP) is 4.48. The van der Waals surface area contributed by atoms with Gasteiger partial charge in [-0.1, -0.05) is 39.7 Å². The van der Waals surface area contributed by atoms with Gasteiger partial charge in [-0.3, -0.25) is 0 Å². The highest BCUT2D eigenvalue weighted by atomic mass is 17.3. The van der Waals surface area contributed by atoms with Gasteiger partial charge < -0.3 is 14.6 Å². The van der Waals surface area contributed by atoms with Crippen molar-refractivity contribution in [3.05, 3.63) is 12.7 Å². The van der Waals surface area contributed by atoms with Crippen LogP contribution < -0.4 is 0 Å². The van der Waals surface area contributed by atoms with Crippen molar-refractivity contribution in [2.24, 2.45) is 5.92 Å². The van der Waals surface area contributed by atoms with Gasteiger partial charge in [-0.05, 0) is 33.1 Å². The lowest BCUT2D eigenvalue weighted by Crippen LogP contribution is -2.25. The minimum atomic E-state index is -1.71. The summed E-state index contributed by atoms with van der Waals surface area (Å²) in [7, 11) is 0. The molecule has 0 aromatic rings. The SMILES string of the molecule is C=CC(=O)OCC(CC)CCCC.CC(C)(C)OC(=O)OOC(=O)O. The summed E-state index contributed by atoms with van der Waals surface area (Å²) >= 11 is 0. The Morgan fingerprint density at radius 1 is 1.16 bits per heavy atom. The number of ether oxygens (including phenoxy) is 2. The Kier molecular flexibility index (Phi) is 14.1. The van der Waals surface area contributed by atoms with Gasteiger partial charge >= 0.3 is 18.3 Å². The molecule has 25 heavy (non-hydrogen) atoms. The molecular weight excluding hydrogens is 332 g/mol. The second-order valence-corrected chi connectivity index (χ2v) is 6.15. The van der Waals surface area contributed by atoms with Crippen LogP contribution in [0.1, 0.15) is 60.3 Å². The van der Waals surface area contributed by atoms with Crippen LogP contribution in [0.3, 0.4) is 0 Å². The molecule has 0 aliphatic heterocycles. The summed E-state index contributed by atoms with van der Waals surface area (Å²) in [6.07, 6.45) is 2.95. The van der Waals surface area contributed by atoms with Gasteiger partial charge in [0, 0.05) is 6.08 Å². The normalized spacial score (nSPS) is 11.2. The number of rotatable bonds is 7. The lowest BCUT2D eigenvalue weighted by atomic mass is 10.0. The van der Waals surface area contributed by atoms with E-state index in [-0.39, 0.29) is 5.97 Å². The van der Waals surface area contributed by atoms with Crippen LogP contribution in [0.4, 0.5) is 9.59 Å². The smallest absolute Gasteiger partial charge is 0.462 e. The maximum absolute atomic E-state index is 10.8. The van der Waals surface area contributed by atoms with Crippen LogP contribution >= 0.6 is 0 Å². The molecule has 0 aliphatic rings. The molecule has 1 atom stereocenters. The van der Waals surface area contributed by atoms with Crippen LogP contribution in [0.15, 0.2) is 12.7 Å². The lowest BCUT2D eigenvalue weighted by molar-refractivity contribution is -0.221.